The summed E-state index contributed by atoms with van der Waals surface area (Å²) in [5.74, 6) is -0.977. The summed E-state index contributed by atoms with van der Waals surface area (Å²) in [6, 6.07) is 18.1. The van der Waals surface area contributed by atoms with Gasteiger partial charge in [-0.1, -0.05) is 35.9 Å². The molecular formula is C18H11ClINO2. The first kappa shape index (κ1) is 16.0. The molecule has 2 aromatic carbocycles. The zero-order valence-corrected chi connectivity index (χ0v) is 14.7. The number of carboxylic acids is 1. The number of halogens is 2. The van der Waals surface area contributed by atoms with Gasteiger partial charge >= 0.3 is 5.97 Å². The zero-order valence-electron chi connectivity index (χ0n) is 11.8. The fraction of sp³-hybridized carbons (Fsp3) is 0. The average Bonchev–Trinajstić information content (AvgIpc) is 2.55. The van der Waals surface area contributed by atoms with E-state index in [4.69, 9.17) is 11.6 Å². The largest absolute Gasteiger partial charge is 0.478 e. The Morgan fingerprint density at radius 1 is 0.913 bits per heavy atom. The number of rotatable bonds is 3. The van der Waals surface area contributed by atoms with E-state index in [2.05, 4.69) is 27.6 Å². The minimum absolute atomic E-state index is 0.207. The maximum Gasteiger partial charge on any atom is 0.335 e. The molecule has 0 saturated heterocycles. The van der Waals surface area contributed by atoms with Crippen molar-refractivity contribution < 1.29 is 9.90 Å². The standard InChI is InChI=1S/C18H11ClINO2/c19-14-5-1-11(2-6-14)16-9-13(18(22)23)10-17(21-16)12-3-7-15(20)8-4-12/h1-10H,(H,22,23). The van der Waals surface area contributed by atoms with Crippen molar-refractivity contribution in [2.24, 2.45) is 0 Å². The number of nitrogens with zero attached hydrogens (tertiary/aromatic N) is 1. The van der Waals surface area contributed by atoms with Gasteiger partial charge in [0.15, 0.2) is 0 Å². The molecule has 3 nitrogen and oxygen atoms in total. The molecule has 0 atom stereocenters. The Kier molecular flexibility index (Phi) is 4.63. The molecule has 0 unspecified atom stereocenters. The number of benzene rings is 2. The Labute approximate surface area is 152 Å². The number of aromatic carboxylic acids is 1. The molecule has 0 bridgehead atoms. The van der Waals surface area contributed by atoms with Crippen LogP contribution in [0.1, 0.15) is 10.4 Å². The average molecular weight is 436 g/mol. The molecular weight excluding hydrogens is 425 g/mol. The van der Waals surface area contributed by atoms with E-state index >= 15 is 0 Å². The first-order valence-corrected chi connectivity index (χ1v) is 8.26. The molecule has 0 aliphatic rings. The van der Waals surface area contributed by atoms with Gasteiger partial charge in [-0.15, -0.1) is 0 Å². The van der Waals surface area contributed by atoms with Crippen molar-refractivity contribution in [3.05, 3.63) is 74.8 Å². The topological polar surface area (TPSA) is 50.2 Å². The van der Waals surface area contributed by atoms with Crippen LogP contribution < -0.4 is 0 Å². The van der Waals surface area contributed by atoms with E-state index in [1.54, 1.807) is 24.3 Å². The zero-order chi connectivity index (χ0) is 16.4. The van der Waals surface area contributed by atoms with Crippen LogP contribution in [0.15, 0.2) is 60.7 Å². The smallest absolute Gasteiger partial charge is 0.335 e. The van der Waals surface area contributed by atoms with Crippen LogP contribution in [0.4, 0.5) is 0 Å². The summed E-state index contributed by atoms with van der Waals surface area (Å²) in [5, 5.41) is 9.99. The molecule has 0 saturated carbocycles. The summed E-state index contributed by atoms with van der Waals surface area (Å²) in [5.41, 5.74) is 3.15. The number of aromatic nitrogens is 1. The van der Waals surface area contributed by atoms with E-state index in [1.807, 2.05) is 36.4 Å². The van der Waals surface area contributed by atoms with Gasteiger partial charge in [0.25, 0.3) is 0 Å². The van der Waals surface area contributed by atoms with E-state index in [0.717, 1.165) is 14.7 Å². The van der Waals surface area contributed by atoms with Gasteiger partial charge in [-0.05, 0) is 59.0 Å². The number of hydrogen-bond donors (Lipinski definition) is 1. The highest BCUT2D eigenvalue weighted by atomic mass is 127. The maximum atomic E-state index is 11.4. The molecule has 1 aromatic heterocycles. The molecule has 0 aliphatic carbocycles. The molecule has 5 heteroatoms. The fourth-order valence-electron chi connectivity index (χ4n) is 2.19. The van der Waals surface area contributed by atoms with Gasteiger partial charge in [-0.3, -0.25) is 0 Å². The molecule has 3 aromatic rings. The maximum absolute atomic E-state index is 11.4. The Morgan fingerprint density at radius 3 is 1.87 bits per heavy atom. The molecule has 23 heavy (non-hydrogen) atoms. The van der Waals surface area contributed by atoms with Crippen molar-refractivity contribution in [3.63, 3.8) is 0 Å². The lowest BCUT2D eigenvalue weighted by atomic mass is 10.0. The highest BCUT2D eigenvalue weighted by molar-refractivity contribution is 14.1. The van der Waals surface area contributed by atoms with Crippen LogP contribution in [0.25, 0.3) is 22.5 Å². The van der Waals surface area contributed by atoms with Crippen LogP contribution in [0.3, 0.4) is 0 Å². The highest BCUT2D eigenvalue weighted by Crippen LogP contribution is 2.26. The van der Waals surface area contributed by atoms with E-state index < -0.39 is 5.97 Å². The van der Waals surface area contributed by atoms with Crippen molar-refractivity contribution in [2.75, 3.05) is 0 Å². The third kappa shape index (κ3) is 3.71. The highest BCUT2D eigenvalue weighted by Gasteiger charge is 2.11. The lowest BCUT2D eigenvalue weighted by molar-refractivity contribution is 0.0697. The van der Waals surface area contributed by atoms with Gasteiger partial charge in [0.2, 0.25) is 0 Å². The second-order valence-corrected chi connectivity index (χ2v) is 6.63. The van der Waals surface area contributed by atoms with Gasteiger partial charge in [0.1, 0.15) is 0 Å². The monoisotopic (exact) mass is 435 g/mol. The summed E-state index contributed by atoms with van der Waals surface area (Å²) < 4.78 is 1.11. The van der Waals surface area contributed by atoms with Crippen LogP contribution in [-0.2, 0) is 0 Å². The van der Waals surface area contributed by atoms with E-state index in [0.29, 0.717) is 16.4 Å². The second kappa shape index (κ2) is 6.68. The molecule has 0 aliphatic heterocycles. The summed E-state index contributed by atoms with van der Waals surface area (Å²) in [6.45, 7) is 0. The number of hydrogen-bond acceptors (Lipinski definition) is 2. The number of carboxylic acid groups (broad SMARTS) is 1. The first-order valence-electron chi connectivity index (χ1n) is 6.80. The summed E-state index contributed by atoms with van der Waals surface area (Å²) in [6.07, 6.45) is 0. The molecule has 3 rings (SSSR count). The van der Waals surface area contributed by atoms with Crippen molar-refractivity contribution >= 4 is 40.2 Å². The predicted octanol–water partition coefficient (Wildman–Crippen LogP) is 5.37. The quantitative estimate of drug-likeness (QED) is 0.563. The third-order valence-electron chi connectivity index (χ3n) is 3.35. The number of pyridine rings is 1. The SMILES string of the molecule is O=C(O)c1cc(-c2ccc(Cl)cc2)nc(-c2ccc(I)cc2)c1. The van der Waals surface area contributed by atoms with Crippen molar-refractivity contribution in [1.82, 2.24) is 4.98 Å². The van der Waals surface area contributed by atoms with Crippen LogP contribution in [0.2, 0.25) is 5.02 Å². The molecule has 0 spiro atoms. The molecule has 0 fully saturated rings. The van der Waals surface area contributed by atoms with Crippen molar-refractivity contribution in [2.45, 2.75) is 0 Å². The van der Waals surface area contributed by atoms with Gasteiger partial charge in [0.05, 0.1) is 17.0 Å². The van der Waals surface area contributed by atoms with Gasteiger partial charge < -0.3 is 5.11 Å². The van der Waals surface area contributed by atoms with E-state index in [9.17, 15) is 9.90 Å². The predicted molar refractivity (Wildman–Crippen MR) is 99.8 cm³/mol. The van der Waals surface area contributed by atoms with Crippen LogP contribution in [-0.4, -0.2) is 16.1 Å². The van der Waals surface area contributed by atoms with Crippen molar-refractivity contribution in [3.8, 4) is 22.5 Å². The lowest BCUT2D eigenvalue weighted by Gasteiger charge is -2.08. The first-order chi connectivity index (χ1) is 11.0. The van der Waals surface area contributed by atoms with E-state index in [1.165, 1.54) is 0 Å². The van der Waals surface area contributed by atoms with Gasteiger partial charge in [-0.25, -0.2) is 9.78 Å². The Bertz CT molecular complexity index is 797. The number of carbonyl (C=O) groups is 1. The Hall–Kier alpha value is -1.92. The molecule has 114 valence electrons. The van der Waals surface area contributed by atoms with Crippen molar-refractivity contribution in [1.29, 1.82) is 0 Å². The van der Waals surface area contributed by atoms with Crippen LogP contribution in [0.5, 0.6) is 0 Å². The molecule has 1 N–H and O–H groups in total. The Morgan fingerprint density at radius 2 is 1.39 bits per heavy atom. The van der Waals surface area contributed by atoms with Crippen LogP contribution in [0, 0.1) is 3.57 Å². The lowest BCUT2D eigenvalue weighted by Crippen LogP contribution is -2.00. The summed E-state index contributed by atoms with van der Waals surface area (Å²) in [4.78, 5) is 16.0. The summed E-state index contributed by atoms with van der Waals surface area (Å²) in [7, 11) is 0. The minimum Gasteiger partial charge on any atom is -0.478 e. The van der Waals surface area contributed by atoms with Gasteiger partial charge in [-0.2, -0.15) is 0 Å². The molecule has 1 heterocycles. The fourth-order valence-corrected chi connectivity index (χ4v) is 2.68. The molecule has 0 amide bonds. The minimum atomic E-state index is -0.977. The second-order valence-electron chi connectivity index (χ2n) is 4.95. The van der Waals surface area contributed by atoms with Gasteiger partial charge in [0, 0.05) is 19.7 Å². The third-order valence-corrected chi connectivity index (χ3v) is 4.32. The van der Waals surface area contributed by atoms with E-state index in [-0.39, 0.29) is 5.56 Å². The normalized spacial score (nSPS) is 10.5. The summed E-state index contributed by atoms with van der Waals surface area (Å²) >= 11 is 8.13. The Balaban J connectivity index is 2.15. The molecule has 0 radical (unpaired) electrons. The van der Waals surface area contributed by atoms with Crippen LogP contribution >= 0.6 is 34.2 Å².